The van der Waals surface area contributed by atoms with E-state index in [4.69, 9.17) is 0 Å². The van der Waals surface area contributed by atoms with Crippen molar-refractivity contribution in [2.75, 3.05) is 0 Å². The first-order valence-corrected chi connectivity index (χ1v) is 7.33. The summed E-state index contributed by atoms with van der Waals surface area (Å²) in [4.78, 5) is 34.9. The van der Waals surface area contributed by atoms with Crippen molar-refractivity contribution >= 4 is 11.5 Å². The summed E-state index contributed by atoms with van der Waals surface area (Å²) in [5, 5.41) is 15.6. The first kappa shape index (κ1) is 16.5. The summed E-state index contributed by atoms with van der Waals surface area (Å²) in [6.45, 7) is 3.42. The van der Waals surface area contributed by atoms with Crippen molar-refractivity contribution in [1.82, 2.24) is 9.78 Å². The van der Waals surface area contributed by atoms with Crippen LogP contribution in [0.1, 0.15) is 37.0 Å². The van der Waals surface area contributed by atoms with Gasteiger partial charge in [0.25, 0.3) is 0 Å². The lowest BCUT2D eigenvalue weighted by Crippen LogP contribution is -2.28. The number of benzene rings is 1. The number of rotatable bonds is 6. The van der Waals surface area contributed by atoms with Crippen LogP contribution in [0.5, 0.6) is 0 Å². The van der Waals surface area contributed by atoms with E-state index in [1.54, 1.807) is 30.3 Å². The lowest BCUT2D eigenvalue weighted by atomic mass is 10.0. The minimum atomic E-state index is -0.840. The molecule has 7 nitrogen and oxygen atoms in total. The van der Waals surface area contributed by atoms with Crippen LogP contribution in [0.25, 0.3) is 11.3 Å². The van der Waals surface area contributed by atoms with Gasteiger partial charge in [-0.2, -0.15) is 5.10 Å². The van der Waals surface area contributed by atoms with Gasteiger partial charge in [-0.3, -0.25) is 19.7 Å². The van der Waals surface area contributed by atoms with Crippen molar-refractivity contribution in [2.24, 2.45) is 0 Å². The van der Waals surface area contributed by atoms with Crippen molar-refractivity contribution in [3.63, 3.8) is 0 Å². The summed E-state index contributed by atoms with van der Waals surface area (Å²) in [5.74, 6) is -0.553. The predicted molar refractivity (Wildman–Crippen MR) is 85.5 cm³/mol. The van der Waals surface area contributed by atoms with Gasteiger partial charge in [-0.05, 0) is 13.3 Å². The van der Waals surface area contributed by atoms with E-state index in [-0.39, 0.29) is 17.8 Å². The molecule has 2 rings (SSSR count). The zero-order valence-electron chi connectivity index (χ0n) is 13.0. The number of aryl methyl sites for hydroxylation is 1. The first-order chi connectivity index (χ1) is 11.0. The molecule has 0 N–H and O–H groups in total. The standard InChI is InChI=1S/C16H17N3O4/c1-3-4-10-18-16(21)15(19(22)23)13(11(2)20)14(17-18)12-8-6-5-7-9-12/h5-9H,3-4,10H2,1-2H3. The van der Waals surface area contributed by atoms with Crippen molar-refractivity contribution < 1.29 is 9.72 Å². The molecule has 0 amide bonds. The van der Waals surface area contributed by atoms with E-state index >= 15 is 0 Å². The number of nitrogens with zero attached hydrogens (tertiary/aromatic N) is 3. The summed E-state index contributed by atoms with van der Waals surface area (Å²) < 4.78 is 1.08. The Labute approximate surface area is 132 Å². The van der Waals surface area contributed by atoms with Crippen LogP contribution in [0.3, 0.4) is 0 Å². The molecule has 0 aliphatic heterocycles. The third kappa shape index (κ3) is 3.33. The molecule has 0 aliphatic carbocycles. The molecule has 0 spiro atoms. The molecule has 120 valence electrons. The molecule has 2 aromatic rings. The third-order valence-electron chi connectivity index (χ3n) is 3.44. The van der Waals surface area contributed by atoms with Crippen LogP contribution in [0, 0.1) is 10.1 Å². The predicted octanol–water partition coefficient (Wildman–Crippen LogP) is 2.82. The average molecular weight is 315 g/mol. The largest absolute Gasteiger partial charge is 0.348 e. The second-order valence-corrected chi connectivity index (χ2v) is 5.13. The van der Waals surface area contributed by atoms with E-state index in [0.717, 1.165) is 11.1 Å². The van der Waals surface area contributed by atoms with Crippen LogP contribution >= 0.6 is 0 Å². The maximum Gasteiger partial charge on any atom is 0.348 e. The van der Waals surface area contributed by atoms with Crippen molar-refractivity contribution in [3.05, 3.63) is 56.4 Å². The van der Waals surface area contributed by atoms with E-state index in [1.165, 1.54) is 6.92 Å². The number of carbonyl (C=O) groups is 1. The van der Waals surface area contributed by atoms with Gasteiger partial charge in [0.2, 0.25) is 0 Å². The normalized spacial score (nSPS) is 10.5. The summed E-state index contributed by atoms with van der Waals surface area (Å²) in [6.07, 6.45) is 1.48. The number of ketones is 1. The first-order valence-electron chi connectivity index (χ1n) is 7.33. The molecule has 0 fully saturated rings. The van der Waals surface area contributed by atoms with Gasteiger partial charge in [0, 0.05) is 12.1 Å². The molecule has 1 aromatic heterocycles. The highest BCUT2D eigenvalue weighted by molar-refractivity contribution is 6.03. The van der Waals surface area contributed by atoms with Crippen molar-refractivity contribution in [1.29, 1.82) is 0 Å². The summed E-state index contributed by atoms with van der Waals surface area (Å²) in [5.41, 5.74) is -1.05. The second kappa shape index (κ2) is 6.95. The van der Waals surface area contributed by atoms with E-state index in [1.807, 2.05) is 6.92 Å². The molecule has 0 atom stereocenters. The number of hydrogen-bond donors (Lipinski definition) is 0. The minimum absolute atomic E-state index is 0.167. The van der Waals surface area contributed by atoms with Crippen molar-refractivity contribution in [2.45, 2.75) is 33.2 Å². The van der Waals surface area contributed by atoms with Crippen LogP contribution in [0.2, 0.25) is 0 Å². The molecule has 7 heteroatoms. The Kier molecular flexibility index (Phi) is 5.00. The van der Waals surface area contributed by atoms with Gasteiger partial charge in [-0.15, -0.1) is 0 Å². The van der Waals surface area contributed by atoms with Crippen LogP contribution in [0.4, 0.5) is 5.69 Å². The molecule has 0 bridgehead atoms. The van der Waals surface area contributed by atoms with Crippen LogP contribution < -0.4 is 5.56 Å². The fraction of sp³-hybridized carbons (Fsp3) is 0.312. The molecule has 0 aliphatic rings. The van der Waals surface area contributed by atoms with E-state index < -0.39 is 22.0 Å². The number of carbonyl (C=O) groups excluding carboxylic acids is 1. The van der Waals surface area contributed by atoms with Crippen molar-refractivity contribution in [3.8, 4) is 11.3 Å². The summed E-state index contributed by atoms with van der Waals surface area (Å²) >= 11 is 0. The Morgan fingerprint density at radius 3 is 2.48 bits per heavy atom. The highest BCUT2D eigenvalue weighted by atomic mass is 16.6. The lowest BCUT2D eigenvalue weighted by molar-refractivity contribution is -0.386. The van der Waals surface area contributed by atoms with E-state index in [9.17, 15) is 19.7 Å². The topological polar surface area (TPSA) is 95.1 Å². The highest BCUT2D eigenvalue weighted by Crippen LogP contribution is 2.26. The van der Waals surface area contributed by atoms with Gasteiger partial charge in [0.15, 0.2) is 5.78 Å². The smallest absolute Gasteiger partial charge is 0.294 e. The molecule has 0 saturated heterocycles. The molecule has 23 heavy (non-hydrogen) atoms. The quantitative estimate of drug-likeness (QED) is 0.464. The Hall–Kier alpha value is -2.83. The molecular formula is C16H17N3O4. The SMILES string of the molecule is CCCCn1nc(-c2ccccc2)c(C(C)=O)c([N+](=O)[O-])c1=O. The van der Waals surface area contributed by atoms with Gasteiger partial charge in [0.1, 0.15) is 11.3 Å². The van der Waals surface area contributed by atoms with Gasteiger partial charge >= 0.3 is 11.2 Å². The Balaban J connectivity index is 2.82. The maximum atomic E-state index is 12.3. The highest BCUT2D eigenvalue weighted by Gasteiger charge is 2.29. The van der Waals surface area contributed by atoms with Crippen LogP contribution in [-0.4, -0.2) is 20.5 Å². The number of nitro groups is 1. The van der Waals surface area contributed by atoms with Gasteiger partial charge in [-0.25, -0.2) is 4.68 Å². The van der Waals surface area contributed by atoms with Crippen LogP contribution in [0.15, 0.2) is 35.1 Å². The number of unbranched alkanes of at least 4 members (excludes halogenated alkanes) is 1. The lowest BCUT2D eigenvalue weighted by Gasteiger charge is -2.11. The molecule has 1 aromatic carbocycles. The van der Waals surface area contributed by atoms with Crippen LogP contribution in [-0.2, 0) is 6.54 Å². The van der Waals surface area contributed by atoms with Gasteiger partial charge in [0.05, 0.1) is 4.92 Å². The Morgan fingerprint density at radius 2 is 1.96 bits per heavy atom. The zero-order chi connectivity index (χ0) is 17.0. The average Bonchev–Trinajstić information content (AvgIpc) is 2.53. The zero-order valence-corrected chi connectivity index (χ0v) is 13.0. The number of hydrogen-bond acceptors (Lipinski definition) is 5. The molecule has 0 radical (unpaired) electrons. The molecule has 0 saturated carbocycles. The number of Topliss-reactive ketones (excluding diaryl/α,β-unsaturated/α-hetero) is 1. The summed E-state index contributed by atoms with van der Waals surface area (Å²) in [6, 6.07) is 8.68. The molecular weight excluding hydrogens is 298 g/mol. The number of aromatic nitrogens is 2. The fourth-order valence-electron chi connectivity index (χ4n) is 2.32. The monoisotopic (exact) mass is 315 g/mol. The second-order valence-electron chi connectivity index (χ2n) is 5.13. The van der Waals surface area contributed by atoms with E-state index in [2.05, 4.69) is 5.10 Å². The third-order valence-corrected chi connectivity index (χ3v) is 3.44. The molecule has 0 unspecified atom stereocenters. The van der Waals surface area contributed by atoms with E-state index in [0.29, 0.717) is 12.0 Å². The fourth-order valence-corrected chi connectivity index (χ4v) is 2.32. The Bertz CT molecular complexity index is 797. The van der Waals surface area contributed by atoms with Gasteiger partial charge < -0.3 is 0 Å². The van der Waals surface area contributed by atoms with Gasteiger partial charge in [-0.1, -0.05) is 43.7 Å². The maximum absolute atomic E-state index is 12.3. The summed E-state index contributed by atoms with van der Waals surface area (Å²) in [7, 11) is 0. The Morgan fingerprint density at radius 1 is 1.30 bits per heavy atom. The minimum Gasteiger partial charge on any atom is -0.294 e. The molecule has 1 heterocycles.